The molecule has 2 atom stereocenters. The van der Waals surface area contributed by atoms with Crippen molar-refractivity contribution in [2.45, 2.75) is 61.8 Å². The van der Waals surface area contributed by atoms with Gasteiger partial charge in [-0.05, 0) is 37.6 Å². The van der Waals surface area contributed by atoms with Gasteiger partial charge in [0.25, 0.3) is 0 Å². The van der Waals surface area contributed by atoms with Gasteiger partial charge in [-0.15, -0.1) is 0 Å². The molecule has 53 heavy (non-hydrogen) atoms. The van der Waals surface area contributed by atoms with E-state index in [0.717, 1.165) is 18.6 Å². The number of anilines is 2. The van der Waals surface area contributed by atoms with Crippen molar-refractivity contribution in [1.82, 2.24) is 24.8 Å². The molecular formula is C33H30F9N7O3S. The highest BCUT2D eigenvalue weighted by molar-refractivity contribution is 7.22. The topological polar surface area (TPSA) is 110 Å². The molecule has 2 aromatic carbocycles. The number of fused-ring (bicyclic) bond motifs is 3. The van der Waals surface area contributed by atoms with Gasteiger partial charge >= 0.3 is 24.5 Å². The van der Waals surface area contributed by atoms with E-state index in [1.54, 1.807) is 0 Å². The van der Waals surface area contributed by atoms with E-state index in [0.29, 0.717) is 35.3 Å². The van der Waals surface area contributed by atoms with Gasteiger partial charge in [-0.3, -0.25) is 9.80 Å². The van der Waals surface area contributed by atoms with Crippen molar-refractivity contribution in [3.63, 3.8) is 0 Å². The van der Waals surface area contributed by atoms with E-state index in [1.165, 1.54) is 4.90 Å². The molecule has 8 rings (SSSR count). The van der Waals surface area contributed by atoms with Crippen LogP contribution in [0.1, 0.15) is 37.7 Å². The van der Waals surface area contributed by atoms with Crippen molar-refractivity contribution in [1.29, 1.82) is 0 Å². The van der Waals surface area contributed by atoms with Crippen LogP contribution in [0, 0.1) is 11.6 Å². The number of hydrogen-bond donors (Lipinski definition) is 1. The smallest absolute Gasteiger partial charge is 0.417 e. The summed E-state index contributed by atoms with van der Waals surface area (Å²) in [6, 6.07) is 2.16. The summed E-state index contributed by atoms with van der Waals surface area (Å²) in [4.78, 5) is 29.0. The van der Waals surface area contributed by atoms with E-state index in [-0.39, 0.29) is 84.2 Å². The number of piperidine rings is 1. The Bertz CT molecular complexity index is 2120. The molecular weight excluding hydrogens is 745 g/mol. The van der Waals surface area contributed by atoms with Crippen LogP contribution in [0.2, 0.25) is 0 Å². The maximum absolute atomic E-state index is 16.9. The van der Waals surface area contributed by atoms with E-state index in [4.69, 9.17) is 15.2 Å². The van der Waals surface area contributed by atoms with Gasteiger partial charge in [-0.1, -0.05) is 11.3 Å². The van der Waals surface area contributed by atoms with Crippen molar-refractivity contribution in [3.05, 3.63) is 35.4 Å². The first-order valence-electron chi connectivity index (χ1n) is 16.7. The molecule has 284 valence electrons. The minimum Gasteiger partial charge on any atom is -0.461 e. The average Bonchev–Trinajstić information content (AvgIpc) is 3.81. The van der Waals surface area contributed by atoms with Crippen LogP contribution in [-0.4, -0.2) is 100 Å². The molecule has 0 saturated carbocycles. The van der Waals surface area contributed by atoms with Gasteiger partial charge in [-0.2, -0.15) is 36.3 Å². The van der Waals surface area contributed by atoms with E-state index in [9.17, 15) is 39.9 Å². The molecule has 0 aliphatic carbocycles. The number of hydrogen-bond acceptors (Lipinski definition) is 10. The summed E-state index contributed by atoms with van der Waals surface area (Å²) in [5.41, 5.74) is 0.192. The molecule has 10 nitrogen and oxygen atoms in total. The second kappa shape index (κ2) is 12.4. The Morgan fingerprint density at radius 3 is 2.49 bits per heavy atom. The van der Waals surface area contributed by atoms with Crippen molar-refractivity contribution >= 4 is 49.5 Å². The molecule has 0 unspecified atom stereocenters. The zero-order valence-electron chi connectivity index (χ0n) is 27.6. The second-order valence-electron chi connectivity index (χ2n) is 14.0. The van der Waals surface area contributed by atoms with Crippen molar-refractivity contribution in [2.75, 3.05) is 56.5 Å². The van der Waals surface area contributed by atoms with Gasteiger partial charge in [0.1, 0.15) is 42.1 Å². The van der Waals surface area contributed by atoms with Crippen LogP contribution in [-0.2, 0) is 10.9 Å². The monoisotopic (exact) mass is 775 g/mol. The van der Waals surface area contributed by atoms with Gasteiger partial charge < -0.3 is 20.1 Å². The molecule has 1 amide bonds. The number of aromatic nitrogens is 3. The Labute approximate surface area is 298 Å². The van der Waals surface area contributed by atoms with Gasteiger partial charge in [0.2, 0.25) is 0 Å². The first-order valence-corrected chi connectivity index (χ1v) is 17.5. The highest BCUT2D eigenvalue weighted by atomic mass is 32.1. The number of benzene rings is 2. The lowest BCUT2D eigenvalue weighted by atomic mass is 9.90. The molecule has 20 heteroatoms. The van der Waals surface area contributed by atoms with Crippen LogP contribution in [0.3, 0.4) is 0 Å². The first-order chi connectivity index (χ1) is 24.9. The van der Waals surface area contributed by atoms with Crippen LogP contribution in [0.15, 0.2) is 18.2 Å². The third kappa shape index (κ3) is 6.30. The summed E-state index contributed by atoms with van der Waals surface area (Å²) in [7, 11) is 0. The SMILES string of the molecule is Nc1nc2c(-c3c(C(F)(F)F)cc4c(N5CCC6(CC5)CN(CC(F)(F)F)C(=O)O6)nc(OC[C@@]56CCCN5C[C@H](F)C6)nc4c3F)ccc(F)c2s1. The average molecular weight is 776 g/mol. The summed E-state index contributed by atoms with van der Waals surface area (Å²) in [6.45, 7) is -1.21. The van der Waals surface area contributed by atoms with E-state index >= 15 is 4.39 Å². The highest BCUT2D eigenvalue weighted by Crippen LogP contribution is 2.47. The van der Waals surface area contributed by atoms with Crippen molar-refractivity contribution < 1.29 is 53.8 Å². The number of alkyl halides is 7. The molecule has 4 aliphatic heterocycles. The molecule has 4 fully saturated rings. The van der Waals surface area contributed by atoms with E-state index in [2.05, 4.69) is 15.0 Å². The fraction of sp³-hybridized carbons (Fsp3) is 0.515. The minimum absolute atomic E-state index is 0.0176. The van der Waals surface area contributed by atoms with Crippen molar-refractivity contribution in [2.24, 2.45) is 0 Å². The summed E-state index contributed by atoms with van der Waals surface area (Å²) in [6.07, 6.45) is -10.5. The van der Waals surface area contributed by atoms with Crippen LogP contribution < -0.4 is 15.4 Å². The lowest BCUT2D eigenvalue weighted by molar-refractivity contribution is -0.139. The molecule has 2 aromatic heterocycles. The Morgan fingerprint density at radius 2 is 1.77 bits per heavy atom. The summed E-state index contributed by atoms with van der Waals surface area (Å²) < 4.78 is 141. The maximum Gasteiger partial charge on any atom is 0.417 e. The Morgan fingerprint density at radius 1 is 1.02 bits per heavy atom. The fourth-order valence-electron chi connectivity index (χ4n) is 8.24. The lowest BCUT2D eigenvalue weighted by Gasteiger charge is -2.38. The van der Waals surface area contributed by atoms with Gasteiger partial charge in [0.15, 0.2) is 10.9 Å². The molecule has 4 aliphatic rings. The standard InChI is InChI=1S/C33H30F9N7O3S/c34-16-11-30(4-1-7-49(30)12-16)15-51-28-45-23-18(26(46-28)47-8-5-31(6-9-47)13-48(29(50)52-31)14-32(37,38)39)10-19(33(40,41)42)21(22(23)36)17-2-3-20(35)25-24(17)44-27(43)53-25/h2-3,10,16H,1,4-9,11-15H2,(H2,43,44)/t16-,30+/m1/s1. The van der Waals surface area contributed by atoms with Crippen molar-refractivity contribution in [3.8, 4) is 17.1 Å². The number of nitrogen functional groups attached to an aromatic ring is 1. The molecule has 0 bridgehead atoms. The Balaban J connectivity index is 1.23. The zero-order valence-corrected chi connectivity index (χ0v) is 28.4. The van der Waals surface area contributed by atoms with Gasteiger partial charge in [0.05, 0.1) is 27.9 Å². The predicted octanol–water partition coefficient (Wildman–Crippen LogP) is 7.09. The second-order valence-corrected chi connectivity index (χ2v) is 15.1. The van der Waals surface area contributed by atoms with Gasteiger partial charge in [0, 0.05) is 55.4 Å². The third-order valence-corrected chi connectivity index (χ3v) is 11.5. The number of ether oxygens (including phenoxy) is 2. The summed E-state index contributed by atoms with van der Waals surface area (Å²) >= 11 is 0.685. The minimum atomic E-state index is -5.15. The Kier molecular flexibility index (Phi) is 8.32. The summed E-state index contributed by atoms with van der Waals surface area (Å²) in [5.74, 6) is -2.40. The van der Waals surface area contributed by atoms with E-state index in [1.807, 2.05) is 4.90 Å². The number of thiazole rings is 1. The third-order valence-electron chi connectivity index (χ3n) is 10.6. The summed E-state index contributed by atoms with van der Waals surface area (Å²) in [5, 5.41) is -0.507. The lowest BCUT2D eigenvalue weighted by Crippen LogP contribution is -2.48. The highest BCUT2D eigenvalue weighted by Gasteiger charge is 2.51. The van der Waals surface area contributed by atoms with Crippen LogP contribution in [0.4, 0.5) is 55.3 Å². The zero-order chi connectivity index (χ0) is 37.7. The molecule has 1 spiro atoms. The van der Waals surface area contributed by atoms with Crippen LogP contribution in [0.5, 0.6) is 6.01 Å². The number of rotatable bonds is 6. The van der Waals surface area contributed by atoms with Crippen LogP contribution >= 0.6 is 11.3 Å². The molecule has 4 aromatic rings. The maximum atomic E-state index is 16.9. The normalized spacial score (nSPS) is 23.5. The first kappa shape index (κ1) is 35.7. The number of nitrogens with zero attached hydrogens (tertiary/aromatic N) is 6. The molecule has 6 heterocycles. The molecule has 0 radical (unpaired) electrons. The number of carbonyl (C=O) groups is 1. The van der Waals surface area contributed by atoms with Gasteiger partial charge in [-0.25, -0.2) is 22.9 Å². The fourth-order valence-corrected chi connectivity index (χ4v) is 9.01. The predicted molar refractivity (Wildman–Crippen MR) is 174 cm³/mol. The molecule has 2 N–H and O–H groups in total. The quantitative estimate of drug-likeness (QED) is 0.205. The van der Waals surface area contributed by atoms with E-state index < -0.39 is 76.6 Å². The number of carbonyl (C=O) groups excluding carboxylic acids is 1. The molecule has 4 saturated heterocycles. The van der Waals surface area contributed by atoms with Crippen LogP contribution in [0.25, 0.3) is 32.2 Å². The Hall–Kier alpha value is -4.33. The number of amides is 1. The number of nitrogens with two attached hydrogens (primary N) is 1. The largest absolute Gasteiger partial charge is 0.461 e. The number of halogens is 9.